The summed E-state index contributed by atoms with van der Waals surface area (Å²) in [5.41, 5.74) is 1.60. The van der Waals surface area contributed by atoms with Crippen LogP contribution in [0.1, 0.15) is 45.6 Å². The van der Waals surface area contributed by atoms with Crippen molar-refractivity contribution in [3.63, 3.8) is 0 Å². The van der Waals surface area contributed by atoms with Crippen LogP contribution in [-0.2, 0) is 19.1 Å². The first kappa shape index (κ1) is 32.6. The third kappa shape index (κ3) is 8.43. The predicted octanol–water partition coefficient (Wildman–Crippen LogP) is 3.79. The number of rotatable bonds is 4. The number of hydrogen-bond acceptors (Lipinski definition) is 7. The molecule has 0 aromatic heterocycles. The Bertz CT molecular complexity index is 1240. The number of hydrogen-bond donors (Lipinski definition) is 2. The molecule has 11 heteroatoms. The Morgan fingerprint density at radius 1 is 1.09 bits per heavy atom. The summed E-state index contributed by atoms with van der Waals surface area (Å²) in [4.78, 5) is 42.5. The van der Waals surface area contributed by atoms with Gasteiger partial charge in [0.25, 0.3) is 5.91 Å². The predicted molar refractivity (Wildman–Crippen MR) is 160 cm³/mol. The van der Waals surface area contributed by atoms with Crippen LogP contribution in [0, 0.1) is 23.6 Å². The van der Waals surface area contributed by atoms with Crippen LogP contribution in [0.5, 0.6) is 0 Å². The Balaban J connectivity index is 1.66. The number of aliphatic hydroxyl groups is 1. The smallest absolute Gasteiger partial charge is 0.407 e. The normalized spacial score (nSPS) is 31.2. The van der Waals surface area contributed by atoms with Gasteiger partial charge in [0.05, 0.1) is 25.2 Å². The van der Waals surface area contributed by atoms with Gasteiger partial charge in [-0.25, -0.2) is 9.18 Å². The molecule has 0 bridgehead atoms. The van der Waals surface area contributed by atoms with Gasteiger partial charge in [-0.1, -0.05) is 32.1 Å². The molecule has 10 nitrogen and oxygen atoms in total. The third-order valence-corrected chi connectivity index (χ3v) is 8.74. The maximum Gasteiger partial charge on any atom is 0.407 e. The zero-order valence-electron chi connectivity index (χ0n) is 25.4. The second kappa shape index (κ2) is 14.5. The molecule has 0 aliphatic carbocycles. The van der Waals surface area contributed by atoms with Crippen LogP contribution in [0.15, 0.2) is 35.9 Å². The number of anilines is 1. The average molecular weight is 602 g/mol. The van der Waals surface area contributed by atoms with E-state index in [0.717, 1.165) is 0 Å². The largest absolute Gasteiger partial charge is 0.465 e. The zero-order valence-corrected chi connectivity index (χ0v) is 25.4. The van der Waals surface area contributed by atoms with Crippen molar-refractivity contribution in [2.24, 2.45) is 17.8 Å². The molecule has 43 heavy (non-hydrogen) atoms. The van der Waals surface area contributed by atoms with Gasteiger partial charge in [-0.2, -0.15) is 0 Å². The van der Waals surface area contributed by atoms with E-state index in [-0.39, 0.29) is 42.7 Å². The Morgan fingerprint density at radius 2 is 1.86 bits per heavy atom. The molecular formula is C32H44FN3O7. The Labute approximate surface area is 252 Å². The van der Waals surface area contributed by atoms with Gasteiger partial charge in [0.2, 0.25) is 0 Å². The fraction of sp³-hybridized carbons (Fsp3) is 0.594. The SMILES string of the molecule is C/C(=C\c1cc(F)cc(N2CCOCC2=O)c1)[C@H]1OC(=O)C[C@H](O)CC[C@H](C)[C@@H](C2CN(C)CCN2C(=O)O)/C=C/[C@@H]1C. The summed E-state index contributed by atoms with van der Waals surface area (Å²) in [6.45, 7) is 8.08. The number of nitrogens with zero attached hydrogens (tertiary/aromatic N) is 3. The van der Waals surface area contributed by atoms with E-state index in [1.807, 2.05) is 26.1 Å². The van der Waals surface area contributed by atoms with Crippen molar-refractivity contribution >= 4 is 29.7 Å². The standard InChI is InChI=1S/C32H44FN3O7/c1-20-5-7-26(37)17-30(39)43-31(21(2)6-8-27(20)28-18-34(4)9-10-36(28)32(40)41)22(3)13-23-14-24(33)16-25(15-23)35-11-12-42-19-29(35)38/h6,8,13-16,20-21,26-28,31,37H,5,7,9-12,17-19H2,1-4H3,(H,40,41)/b8-6+,22-13+/t20-,21-,26+,27-,28?,31-/m0/s1. The summed E-state index contributed by atoms with van der Waals surface area (Å²) in [5, 5.41) is 20.6. The molecule has 2 saturated heterocycles. The van der Waals surface area contributed by atoms with Crippen molar-refractivity contribution in [1.29, 1.82) is 0 Å². The molecule has 2 N–H and O–H groups in total. The van der Waals surface area contributed by atoms with Gasteiger partial charge < -0.3 is 34.4 Å². The summed E-state index contributed by atoms with van der Waals surface area (Å²) in [6, 6.07) is 4.12. The van der Waals surface area contributed by atoms with Crippen LogP contribution in [0.4, 0.5) is 14.9 Å². The number of likely N-dealkylation sites (N-methyl/N-ethyl adjacent to an activating group) is 1. The lowest BCUT2D eigenvalue weighted by Crippen LogP contribution is -2.57. The van der Waals surface area contributed by atoms with Crippen molar-refractivity contribution in [2.45, 2.75) is 58.3 Å². The van der Waals surface area contributed by atoms with Crippen LogP contribution in [-0.4, -0.2) is 103 Å². The number of carboxylic acid groups (broad SMARTS) is 1. The molecule has 1 unspecified atom stereocenters. The highest BCUT2D eigenvalue weighted by Gasteiger charge is 2.37. The monoisotopic (exact) mass is 601 g/mol. The van der Waals surface area contributed by atoms with Crippen LogP contribution in [0.3, 0.4) is 0 Å². The molecule has 1 aromatic rings. The van der Waals surface area contributed by atoms with Gasteiger partial charge in [0, 0.05) is 43.7 Å². The van der Waals surface area contributed by atoms with Crippen LogP contribution >= 0.6 is 0 Å². The number of piperazine rings is 1. The van der Waals surface area contributed by atoms with Gasteiger partial charge in [0.1, 0.15) is 18.5 Å². The molecule has 3 heterocycles. The van der Waals surface area contributed by atoms with Gasteiger partial charge in [0.15, 0.2) is 0 Å². The van der Waals surface area contributed by atoms with Crippen LogP contribution in [0.25, 0.3) is 6.08 Å². The fourth-order valence-corrected chi connectivity index (χ4v) is 6.34. The van der Waals surface area contributed by atoms with Crippen molar-refractivity contribution in [3.8, 4) is 0 Å². The lowest BCUT2D eigenvalue weighted by Gasteiger charge is -2.43. The highest BCUT2D eigenvalue weighted by Crippen LogP contribution is 2.32. The maximum atomic E-state index is 14.7. The number of carbonyl (C=O) groups is 3. The van der Waals surface area contributed by atoms with Crippen LogP contribution in [0.2, 0.25) is 0 Å². The Hall–Kier alpha value is -3.28. The number of cyclic esters (lactones) is 1. The lowest BCUT2D eigenvalue weighted by atomic mass is 9.80. The van der Waals surface area contributed by atoms with E-state index in [4.69, 9.17) is 9.47 Å². The lowest BCUT2D eigenvalue weighted by molar-refractivity contribution is -0.151. The molecule has 3 aliphatic rings. The summed E-state index contributed by atoms with van der Waals surface area (Å²) in [6.07, 6.45) is 4.07. The number of carbonyl (C=O) groups excluding carboxylic acids is 2. The third-order valence-electron chi connectivity index (χ3n) is 8.74. The number of halogens is 1. The minimum atomic E-state index is -0.947. The highest BCUT2D eigenvalue weighted by atomic mass is 19.1. The first-order chi connectivity index (χ1) is 20.4. The van der Waals surface area contributed by atoms with E-state index < -0.39 is 30.1 Å². The summed E-state index contributed by atoms with van der Waals surface area (Å²) in [5.74, 6) is -1.65. The average Bonchev–Trinajstić information content (AvgIpc) is 2.94. The molecule has 2 fully saturated rings. The van der Waals surface area contributed by atoms with E-state index in [2.05, 4.69) is 11.8 Å². The van der Waals surface area contributed by atoms with E-state index in [0.29, 0.717) is 62.5 Å². The van der Waals surface area contributed by atoms with Gasteiger partial charge in [-0.15, -0.1) is 0 Å². The number of ether oxygens (including phenoxy) is 2. The van der Waals surface area contributed by atoms with Crippen molar-refractivity contribution in [2.75, 3.05) is 51.3 Å². The zero-order chi connectivity index (χ0) is 31.3. The molecular weight excluding hydrogens is 557 g/mol. The number of benzene rings is 1. The maximum absolute atomic E-state index is 14.7. The molecule has 6 atom stereocenters. The second-order valence-corrected chi connectivity index (χ2v) is 12.2. The molecule has 0 spiro atoms. The molecule has 0 saturated carbocycles. The number of morpholine rings is 1. The molecule has 1 aromatic carbocycles. The molecule has 236 valence electrons. The minimum absolute atomic E-state index is 0.0515. The number of esters is 1. The first-order valence-corrected chi connectivity index (χ1v) is 15.0. The second-order valence-electron chi connectivity index (χ2n) is 12.2. The highest BCUT2D eigenvalue weighted by molar-refractivity contribution is 5.95. The summed E-state index contributed by atoms with van der Waals surface area (Å²) >= 11 is 0. The molecule has 2 amide bonds. The summed E-state index contributed by atoms with van der Waals surface area (Å²) in [7, 11) is 1.98. The van der Waals surface area contributed by atoms with Gasteiger partial charge in [-0.3, -0.25) is 9.59 Å². The van der Waals surface area contributed by atoms with E-state index >= 15 is 0 Å². The first-order valence-electron chi connectivity index (χ1n) is 15.0. The fourth-order valence-electron chi connectivity index (χ4n) is 6.34. The van der Waals surface area contributed by atoms with Crippen molar-refractivity contribution in [1.82, 2.24) is 9.80 Å². The van der Waals surface area contributed by atoms with Crippen molar-refractivity contribution in [3.05, 3.63) is 47.3 Å². The molecule has 4 rings (SSSR count). The van der Waals surface area contributed by atoms with Crippen molar-refractivity contribution < 1.29 is 38.5 Å². The quantitative estimate of drug-likeness (QED) is 0.395. The molecule has 3 aliphatic heterocycles. The summed E-state index contributed by atoms with van der Waals surface area (Å²) < 4.78 is 25.8. The number of amides is 2. The van der Waals surface area contributed by atoms with E-state index in [1.165, 1.54) is 21.9 Å². The van der Waals surface area contributed by atoms with Gasteiger partial charge >= 0.3 is 12.1 Å². The minimum Gasteiger partial charge on any atom is -0.465 e. The van der Waals surface area contributed by atoms with E-state index in [1.54, 1.807) is 19.1 Å². The Kier molecular flexibility index (Phi) is 11.0. The topological polar surface area (TPSA) is 120 Å². The Morgan fingerprint density at radius 3 is 2.58 bits per heavy atom. The van der Waals surface area contributed by atoms with E-state index in [9.17, 15) is 29.0 Å². The number of aliphatic hydroxyl groups excluding tert-OH is 1. The molecule has 0 radical (unpaired) electrons. The van der Waals surface area contributed by atoms with Crippen LogP contribution < -0.4 is 4.90 Å². The van der Waals surface area contributed by atoms with Gasteiger partial charge in [-0.05, 0) is 62.1 Å².